The van der Waals surface area contributed by atoms with Crippen molar-refractivity contribution in [3.8, 4) is 11.6 Å². The molecule has 0 amide bonds. The van der Waals surface area contributed by atoms with E-state index in [0.29, 0.717) is 38.1 Å². The fourth-order valence-corrected chi connectivity index (χ4v) is 1.15. The largest absolute Gasteiger partial charge is 0.498 e. The number of rotatable bonds is 10. The van der Waals surface area contributed by atoms with Crippen LogP contribution in [0.25, 0.3) is 0 Å². The highest BCUT2D eigenvalue weighted by Crippen LogP contribution is 2.23. The van der Waals surface area contributed by atoms with Crippen molar-refractivity contribution in [3.05, 3.63) is 44.0 Å². The lowest BCUT2D eigenvalue weighted by Gasteiger charge is -2.11. The molecule has 0 saturated carbocycles. The molecule has 0 atom stereocenters. The van der Waals surface area contributed by atoms with Gasteiger partial charge in [0.1, 0.15) is 26.4 Å². The first-order chi connectivity index (χ1) is 8.88. The fraction of sp³-hybridized carbons (Fsp3) is 0.308. The predicted octanol–water partition coefficient (Wildman–Crippen LogP) is 2.16. The van der Waals surface area contributed by atoms with E-state index in [1.165, 1.54) is 12.5 Å². The van der Waals surface area contributed by atoms with Crippen LogP contribution < -0.4 is 9.47 Å². The van der Waals surface area contributed by atoms with Crippen LogP contribution in [-0.2, 0) is 9.47 Å². The molecule has 0 saturated heterocycles. The van der Waals surface area contributed by atoms with Crippen molar-refractivity contribution in [3.63, 3.8) is 0 Å². The molecular weight excluding hydrogens is 234 g/mol. The van der Waals surface area contributed by atoms with Gasteiger partial charge in [-0.25, -0.2) is 4.98 Å². The summed E-state index contributed by atoms with van der Waals surface area (Å²) in [7, 11) is 0. The van der Waals surface area contributed by atoms with Gasteiger partial charge < -0.3 is 18.9 Å². The van der Waals surface area contributed by atoms with Gasteiger partial charge in [-0.1, -0.05) is 13.2 Å². The third-order valence-electron chi connectivity index (χ3n) is 1.87. The third kappa shape index (κ3) is 5.25. The average Bonchev–Trinajstić information content (AvgIpc) is 2.41. The van der Waals surface area contributed by atoms with Crippen LogP contribution in [0.5, 0.6) is 11.6 Å². The molecule has 1 rings (SSSR count). The second-order valence-electron chi connectivity index (χ2n) is 3.08. The molecule has 0 fully saturated rings. The van der Waals surface area contributed by atoms with Gasteiger partial charge in [0.15, 0.2) is 5.75 Å². The summed E-state index contributed by atoms with van der Waals surface area (Å²) in [5.41, 5.74) is 0. The van der Waals surface area contributed by atoms with Gasteiger partial charge in [-0.2, -0.15) is 0 Å². The second-order valence-corrected chi connectivity index (χ2v) is 3.08. The number of pyridine rings is 1. The highest BCUT2D eigenvalue weighted by molar-refractivity contribution is 5.32. The Morgan fingerprint density at radius 2 is 1.67 bits per heavy atom. The van der Waals surface area contributed by atoms with Gasteiger partial charge in [-0.15, -0.1) is 0 Å². The first-order valence-electron chi connectivity index (χ1n) is 5.54. The zero-order chi connectivity index (χ0) is 13.1. The zero-order valence-corrected chi connectivity index (χ0v) is 10.2. The lowest BCUT2D eigenvalue weighted by molar-refractivity contribution is 0.157. The molecule has 0 aliphatic carbocycles. The summed E-state index contributed by atoms with van der Waals surface area (Å²) in [6.45, 7) is 8.51. The molecule has 0 spiro atoms. The summed E-state index contributed by atoms with van der Waals surface area (Å²) >= 11 is 0. The number of aromatic nitrogens is 1. The lowest BCUT2D eigenvalue weighted by atomic mass is 10.4. The molecule has 98 valence electrons. The fourth-order valence-electron chi connectivity index (χ4n) is 1.15. The standard InChI is InChI=1S/C13H17NO4/c1-3-15-8-10-17-12-6-5-7-14-13(12)18-11-9-16-4-2/h3-7H,1-2,8-11H2. The minimum Gasteiger partial charge on any atom is -0.498 e. The Morgan fingerprint density at radius 3 is 2.33 bits per heavy atom. The SMILES string of the molecule is C=COCCOc1cccnc1OCCOC=C. The Morgan fingerprint density at radius 1 is 1.00 bits per heavy atom. The van der Waals surface area contributed by atoms with Crippen LogP contribution in [-0.4, -0.2) is 31.4 Å². The van der Waals surface area contributed by atoms with Crippen molar-refractivity contribution in [1.82, 2.24) is 4.98 Å². The summed E-state index contributed by atoms with van der Waals surface area (Å²) in [6, 6.07) is 3.56. The summed E-state index contributed by atoms with van der Waals surface area (Å²) < 4.78 is 20.8. The van der Waals surface area contributed by atoms with Gasteiger partial charge >= 0.3 is 0 Å². The van der Waals surface area contributed by atoms with Gasteiger partial charge in [0.25, 0.3) is 5.88 Å². The number of hydrogen-bond acceptors (Lipinski definition) is 5. The topological polar surface area (TPSA) is 49.8 Å². The molecule has 0 unspecified atom stereocenters. The summed E-state index contributed by atoms with van der Waals surface area (Å²) in [4.78, 5) is 4.09. The second kappa shape index (κ2) is 8.92. The van der Waals surface area contributed by atoms with Gasteiger partial charge in [0.05, 0.1) is 12.5 Å². The maximum absolute atomic E-state index is 5.47. The molecule has 1 aromatic rings. The lowest BCUT2D eigenvalue weighted by Crippen LogP contribution is -2.09. The molecule has 0 aliphatic heterocycles. The van der Waals surface area contributed by atoms with Crippen LogP contribution in [0.1, 0.15) is 0 Å². The quantitative estimate of drug-likeness (QED) is 0.471. The molecule has 1 aromatic heterocycles. The van der Waals surface area contributed by atoms with E-state index < -0.39 is 0 Å². The average molecular weight is 251 g/mol. The molecule has 0 bridgehead atoms. The minimum absolute atomic E-state index is 0.378. The first kappa shape index (κ1) is 13.9. The highest BCUT2D eigenvalue weighted by atomic mass is 16.6. The maximum atomic E-state index is 5.47. The zero-order valence-electron chi connectivity index (χ0n) is 10.2. The van der Waals surface area contributed by atoms with Crippen molar-refractivity contribution in [2.75, 3.05) is 26.4 Å². The third-order valence-corrected chi connectivity index (χ3v) is 1.87. The molecular formula is C13H17NO4. The first-order valence-corrected chi connectivity index (χ1v) is 5.54. The van der Waals surface area contributed by atoms with Crippen LogP contribution in [0.15, 0.2) is 44.0 Å². The Kier molecular flexibility index (Phi) is 6.89. The number of nitrogens with zero attached hydrogens (tertiary/aromatic N) is 1. The molecule has 0 aromatic carbocycles. The van der Waals surface area contributed by atoms with E-state index in [9.17, 15) is 0 Å². The summed E-state index contributed by atoms with van der Waals surface area (Å²) in [5.74, 6) is 1.01. The number of ether oxygens (including phenoxy) is 4. The van der Waals surface area contributed by atoms with E-state index in [2.05, 4.69) is 18.1 Å². The van der Waals surface area contributed by atoms with E-state index in [-0.39, 0.29) is 0 Å². The predicted molar refractivity (Wildman–Crippen MR) is 67.5 cm³/mol. The van der Waals surface area contributed by atoms with Crippen LogP contribution in [0.3, 0.4) is 0 Å². The van der Waals surface area contributed by atoms with Crippen molar-refractivity contribution in [2.24, 2.45) is 0 Å². The van der Waals surface area contributed by atoms with Crippen molar-refractivity contribution >= 4 is 0 Å². The summed E-state index contributed by atoms with van der Waals surface area (Å²) in [6.07, 6.45) is 4.37. The molecule has 5 heteroatoms. The minimum atomic E-state index is 0.378. The smallest absolute Gasteiger partial charge is 0.257 e. The number of hydrogen-bond donors (Lipinski definition) is 0. The van der Waals surface area contributed by atoms with E-state index in [1.807, 2.05) is 0 Å². The molecule has 5 nitrogen and oxygen atoms in total. The van der Waals surface area contributed by atoms with Gasteiger partial charge in [0.2, 0.25) is 0 Å². The molecule has 0 radical (unpaired) electrons. The van der Waals surface area contributed by atoms with Crippen LogP contribution in [0.4, 0.5) is 0 Å². The van der Waals surface area contributed by atoms with E-state index in [0.717, 1.165) is 0 Å². The van der Waals surface area contributed by atoms with E-state index in [1.54, 1.807) is 18.3 Å². The van der Waals surface area contributed by atoms with Crippen molar-refractivity contribution in [2.45, 2.75) is 0 Å². The van der Waals surface area contributed by atoms with Crippen LogP contribution in [0, 0.1) is 0 Å². The highest BCUT2D eigenvalue weighted by Gasteiger charge is 2.05. The Hall–Kier alpha value is -2.17. The van der Waals surface area contributed by atoms with E-state index in [4.69, 9.17) is 18.9 Å². The van der Waals surface area contributed by atoms with Gasteiger partial charge in [-0.3, -0.25) is 0 Å². The van der Waals surface area contributed by atoms with Gasteiger partial charge in [-0.05, 0) is 12.1 Å². The van der Waals surface area contributed by atoms with E-state index >= 15 is 0 Å². The summed E-state index contributed by atoms with van der Waals surface area (Å²) in [5, 5.41) is 0. The molecule has 0 aliphatic rings. The van der Waals surface area contributed by atoms with Crippen LogP contribution in [0.2, 0.25) is 0 Å². The molecule has 0 N–H and O–H groups in total. The normalized spacial score (nSPS) is 9.33. The Balaban J connectivity index is 2.40. The Bertz CT molecular complexity index is 333. The maximum Gasteiger partial charge on any atom is 0.257 e. The Labute approximate surface area is 107 Å². The van der Waals surface area contributed by atoms with Crippen molar-refractivity contribution < 1.29 is 18.9 Å². The van der Waals surface area contributed by atoms with Gasteiger partial charge in [0, 0.05) is 6.20 Å². The molecule has 1 heterocycles. The molecule has 18 heavy (non-hydrogen) atoms. The monoisotopic (exact) mass is 251 g/mol. The van der Waals surface area contributed by atoms with Crippen molar-refractivity contribution in [1.29, 1.82) is 0 Å². The van der Waals surface area contributed by atoms with Crippen LogP contribution >= 0.6 is 0 Å².